The van der Waals surface area contributed by atoms with Gasteiger partial charge in [0, 0.05) is 23.9 Å². The smallest absolute Gasteiger partial charge is 0.269 e. The van der Waals surface area contributed by atoms with Gasteiger partial charge in [0.05, 0.1) is 11.5 Å². The summed E-state index contributed by atoms with van der Waals surface area (Å²) in [6.45, 7) is 2.90. The van der Waals surface area contributed by atoms with Crippen LogP contribution < -0.4 is 15.4 Å². The molecule has 0 saturated heterocycles. The Balaban J connectivity index is 1.73. The second-order valence-electron chi connectivity index (χ2n) is 6.91. The van der Waals surface area contributed by atoms with Crippen molar-refractivity contribution in [2.24, 2.45) is 0 Å². The molecule has 0 unspecified atom stereocenters. The number of carbonyl (C=O) groups is 1. The van der Waals surface area contributed by atoms with E-state index in [2.05, 4.69) is 17.6 Å². The van der Waals surface area contributed by atoms with Gasteiger partial charge in [0.25, 0.3) is 5.69 Å². The molecule has 2 aromatic carbocycles. The summed E-state index contributed by atoms with van der Waals surface area (Å²) in [5.74, 6) is 0.390. The van der Waals surface area contributed by atoms with Crippen molar-refractivity contribution in [1.29, 1.82) is 0 Å². The third-order valence-corrected chi connectivity index (χ3v) is 4.60. The molecule has 31 heavy (non-hydrogen) atoms. The van der Waals surface area contributed by atoms with Crippen molar-refractivity contribution in [2.75, 3.05) is 11.9 Å². The fourth-order valence-corrected chi connectivity index (χ4v) is 2.94. The minimum Gasteiger partial charge on any atom is -0.494 e. The van der Waals surface area contributed by atoms with Crippen LogP contribution >= 0.6 is 12.2 Å². The minimum atomic E-state index is -0.475. The van der Waals surface area contributed by atoms with Gasteiger partial charge in [0.2, 0.25) is 5.91 Å². The van der Waals surface area contributed by atoms with E-state index in [9.17, 15) is 14.9 Å². The van der Waals surface area contributed by atoms with Crippen molar-refractivity contribution < 1.29 is 14.5 Å². The Morgan fingerprint density at radius 3 is 2.39 bits per heavy atom. The predicted octanol–water partition coefficient (Wildman–Crippen LogP) is 5.47. The monoisotopic (exact) mass is 441 g/mol. The fraction of sp³-hybridized carbons (Fsp3) is 0.304. The highest BCUT2D eigenvalue weighted by Gasteiger charge is 2.04. The summed E-state index contributed by atoms with van der Waals surface area (Å²) in [6, 6.07) is 13.3. The molecule has 7 nitrogen and oxygen atoms in total. The first-order valence-corrected chi connectivity index (χ1v) is 10.7. The van der Waals surface area contributed by atoms with Crippen LogP contribution in [0.1, 0.15) is 44.6 Å². The lowest BCUT2D eigenvalue weighted by Gasteiger charge is -2.10. The highest BCUT2D eigenvalue weighted by molar-refractivity contribution is 7.80. The Hall–Kier alpha value is -3.26. The van der Waals surface area contributed by atoms with Gasteiger partial charge in [-0.3, -0.25) is 20.2 Å². The predicted molar refractivity (Wildman–Crippen MR) is 127 cm³/mol. The highest BCUT2D eigenvalue weighted by atomic mass is 32.1. The topological polar surface area (TPSA) is 93.5 Å². The summed E-state index contributed by atoms with van der Waals surface area (Å²) < 4.78 is 5.73. The first-order valence-electron chi connectivity index (χ1n) is 10.3. The van der Waals surface area contributed by atoms with Crippen LogP contribution in [0.25, 0.3) is 6.08 Å². The zero-order valence-electron chi connectivity index (χ0n) is 17.5. The van der Waals surface area contributed by atoms with Gasteiger partial charge in [-0.25, -0.2) is 0 Å². The Kier molecular flexibility index (Phi) is 10.2. The lowest BCUT2D eigenvalue weighted by Crippen LogP contribution is -2.32. The van der Waals surface area contributed by atoms with Crippen molar-refractivity contribution in [2.45, 2.75) is 39.0 Å². The zero-order chi connectivity index (χ0) is 22.5. The number of ether oxygens (including phenoxy) is 1. The lowest BCUT2D eigenvalue weighted by atomic mass is 10.2. The van der Waals surface area contributed by atoms with Crippen molar-refractivity contribution in [1.82, 2.24) is 5.32 Å². The molecule has 2 rings (SSSR count). The van der Waals surface area contributed by atoms with Crippen molar-refractivity contribution >= 4 is 40.7 Å². The van der Waals surface area contributed by atoms with E-state index < -0.39 is 10.8 Å². The van der Waals surface area contributed by atoms with Crippen LogP contribution in [-0.2, 0) is 4.79 Å². The van der Waals surface area contributed by atoms with Crippen LogP contribution in [-0.4, -0.2) is 22.5 Å². The molecule has 0 radical (unpaired) electrons. The molecule has 0 saturated carbocycles. The Bertz CT molecular complexity index is 896. The number of nitrogens with one attached hydrogen (secondary N) is 2. The summed E-state index contributed by atoms with van der Waals surface area (Å²) in [5, 5.41) is 16.3. The highest BCUT2D eigenvalue weighted by Crippen LogP contribution is 2.16. The number of nitro benzene ring substituents is 1. The molecule has 8 heteroatoms. The first kappa shape index (κ1) is 24.0. The maximum atomic E-state index is 12.0. The number of hydrogen-bond donors (Lipinski definition) is 2. The fourth-order valence-electron chi connectivity index (χ4n) is 2.73. The third kappa shape index (κ3) is 9.39. The van der Waals surface area contributed by atoms with Crippen molar-refractivity contribution in [3.05, 3.63) is 70.3 Å². The van der Waals surface area contributed by atoms with Crippen LogP contribution in [0.5, 0.6) is 5.75 Å². The minimum absolute atomic E-state index is 0.00429. The average molecular weight is 442 g/mol. The summed E-state index contributed by atoms with van der Waals surface area (Å²) in [5.41, 5.74) is 1.40. The van der Waals surface area contributed by atoms with Crippen LogP contribution in [0, 0.1) is 10.1 Å². The molecule has 0 aliphatic carbocycles. The molecular weight excluding hydrogens is 414 g/mol. The summed E-state index contributed by atoms with van der Waals surface area (Å²) in [6.07, 6.45) is 8.83. The van der Waals surface area contributed by atoms with E-state index in [-0.39, 0.29) is 10.8 Å². The molecule has 0 aliphatic rings. The van der Waals surface area contributed by atoms with Gasteiger partial charge < -0.3 is 10.1 Å². The van der Waals surface area contributed by atoms with Crippen LogP contribution in [0.15, 0.2) is 54.6 Å². The molecule has 2 aromatic rings. The van der Waals surface area contributed by atoms with E-state index in [0.717, 1.165) is 17.9 Å². The van der Waals surface area contributed by atoms with Gasteiger partial charge >= 0.3 is 0 Å². The summed E-state index contributed by atoms with van der Waals surface area (Å²) in [4.78, 5) is 22.2. The molecule has 1 amide bonds. The maximum Gasteiger partial charge on any atom is 0.269 e. The number of nitro groups is 1. The quantitative estimate of drug-likeness (QED) is 0.158. The number of rotatable bonds is 11. The van der Waals surface area contributed by atoms with E-state index in [0.29, 0.717) is 12.2 Å². The molecule has 0 spiro atoms. The number of benzene rings is 2. The van der Waals surface area contributed by atoms with Crippen molar-refractivity contribution in [3.63, 3.8) is 0 Å². The largest absolute Gasteiger partial charge is 0.494 e. The number of anilines is 1. The molecule has 0 heterocycles. The second-order valence-corrected chi connectivity index (χ2v) is 7.32. The van der Waals surface area contributed by atoms with Gasteiger partial charge in [0.15, 0.2) is 5.11 Å². The standard InChI is InChI=1S/C23H27N3O4S/c1-2-3-4-5-6-17-30-21-14-10-19(11-15-21)24-23(31)25-22(27)16-9-18-7-12-20(13-8-18)26(28)29/h7-16H,2-6,17H2,1H3,(H2,24,25,27,31)/b16-9+. The van der Waals surface area contributed by atoms with Gasteiger partial charge in [-0.15, -0.1) is 0 Å². The summed E-state index contributed by atoms with van der Waals surface area (Å²) in [7, 11) is 0. The molecule has 0 atom stereocenters. The van der Waals surface area contributed by atoms with E-state index in [1.54, 1.807) is 18.2 Å². The third-order valence-electron chi connectivity index (χ3n) is 4.40. The number of carbonyl (C=O) groups excluding carboxylic acids is 1. The normalized spacial score (nSPS) is 10.6. The number of thiocarbonyl (C=S) groups is 1. The molecule has 164 valence electrons. The maximum absolute atomic E-state index is 12.0. The molecule has 0 aromatic heterocycles. The number of unbranched alkanes of at least 4 members (excludes halogenated alkanes) is 4. The van der Waals surface area contributed by atoms with Crippen molar-refractivity contribution in [3.8, 4) is 5.75 Å². The molecule has 0 fully saturated rings. The number of amides is 1. The summed E-state index contributed by atoms with van der Waals surface area (Å²) >= 11 is 5.16. The number of non-ortho nitro benzene ring substituents is 1. The van der Waals surface area contributed by atoms with E-state index >= 15 is 0 Å². The Morgan fingerprint density at radius 2 is 1.74 bits per heavy atom. The molecule has 0 bridgehead atoms. The molecular formula is C23H27N3O4S. The lowest BCUT2D eigenvalue weighted by molar-refractivity contribution is -0.384. The van der Waals surface area contributed by atoms with E-state index in [4.69, 9.17) is 17.0 Å². The number of nitrogens with zero attached hydrogens (tertiary/aromatic N) is 1. The molecule has 2 N–H and O–H groups in total. The first-order chi connectivity index (χ1) is 15.0. The van der Waals surface area contributed by atoms with Crippen LogP contribution in [0.2, 0.25) is 0 Å². The Morgan fingerprint density at radius 1 is 1.06 bits per heavy atom. The van der Waals surface area contributed by atoms with Crippen LogP contribution in [0.4, 0.5) is 11.4 Å². The van der Waals surface area contributed by atoms with Gasteiger partial charge in [-0.1, -0.05) is 32.6 Å². The van der Waals surface area contributed by atoms with E-state index in [1.807, 2.05) is 24.3 Å². The van der Waals surface area contributed by atoms with Gasteiger partial charge in [-0.2, -0.15) is 0 Å². The van der Waals surface area contributed by atoms with Gasteiger partial charge in [-0.05, 0) is 66.7 Å². The molecule has 0 aliphatic heterocycles. The van der Waals surface area contributed by atoms with Gasteiger partial charge in [0.1, 0.15) is 5.75 Å². The second kappa shape index (κ2) is 13.1. The SMILES string of the molecule is CCCCCCCOc1ccc(NC(=S)NC(=O)/C=C/c2ccc([N+](=O)[O-])cc2)cc1. The average Bonchev–Trinajstić information content (AvgIpc) is 2.76. The Labute approximate surface area is 187 Å². The van der Waals surface area contributed by atoms with E-state index in [1.165, 1.54) is 43.9 Å². The zero-order valence-corrected chi connectivity index (χ0v) is 18.3. The van der Waals surface area contributed by atoms with Crippen LogP contribution in [0.3, 0.4) is 0 Å². The number of hydrogen-bond acceptors (Lipinski definition) is 5.